The first-order valence-corrected chi connectivity index (χ1v) is 7.80. The molecule has 6 nitrogen and oxygen atoms in total. The third kappa shape index (κ3) is 4.54. The van der Waals surface area contributed by atoms with E-state index >= 15 is 0 Å². The van der Waals surface area contributed by atoms with E-state index in [-0.39, 0.29) is 12.1 Å². The quantitative estimate of drug-likeness (QED) is 0.724. The second-order valence-corrected chi connectivity index (χ2v) is 5.37. The van der Waals surface area contributed by atoms with Gasteiger partial charge in [0.2, 0.25) is 5.88 Å². The number of carbonyl (C=O) groups is 1. The molecule has 0 unspecified atom stereocenters. The minimum absolute atomic E-state index is 0.0807. The Morgan fingerprint density at radius 3 is 2.72 bits per heavy atom. The van der Waals surface area contributed by atoms with E-state index in [1.165, 1.54) is 12.3 Å². The predicted molar refractivity (Wildman–Crippen MR) is 93.2 cm³/mol. The molecule has 0 atom stereocenters. The lowest BCUT2D eigenvalue weighted by atomic mass is 10.2. The fourth-order valence-corrected chi connectivity index (χ4v) is 2.25. The monoisotopic (exact) mass is 335 g/mol. The molecule has 0 aliphatic rings. The first-order chi connectivity index (χ1) is 12.2. The fraction of sp³-hybridized carbons (Fsp3) is 0.105. The van der Waals surface area contributed by atoms with Crippen LogP contribution >= 0.6 is 0 Å². The first kappa shape index (κ1) is 16.4. The lowest BCUT2D eigenvalue weighted by Crippen LogP contribution is -2.28. The van der Waals surface area contributed by atoms with E-state index in [1.807, 2.05) is 30.3 Å². The van der Waals surface area contributed by atoms with Gasteiger partial charge in [-0.1, -0.05) is 30.3 Å². The third-order valence-electron chi connectivity index (χ3n) is 3.54. The predicted octanol–water partition coefficient (Wildman–Crippen LogP) is 2.28. The maximum absolute atomic E-state index is 12.1. The molecule has 3 aromatic rings. The second-order valence-electron chi connectivity index (χ2n) is 5.37. The highest BCUT2D eigenvalue weighted by atomic mass is 16.5. The van der Waals surface area contributed by atoms with E-state index in [0.717, 1.165) is 11.1 Å². The summed E-state index contributed by atoms with van der Waals surface area (Å²) in [5.74, 6) is 0.0542. The van der Waals surface area contributed by atoms with Crippen molar-refractivity contribution in [3.63, 3.8) is 0 Å². The zero-order valence-electron chi connectivity index (χ0n) is 13.4. The molecule has 0 saturated heterocycles. The minimum atomic E-state index is -0.426. The lowest BCUT2D eigenvalue weighted by Gasteiger charge is -2.08. The van der Waals surface area contributed by atoms with Gasteiger partial charge in [-0.25, -0.2) is 4.98 Å². The Balaban J connectivity index is 1.59. The van der Waals surface area contributed by atoms with Crippen LogP contribution in [-0.4, -0.2) is 15.9 Å². The van der Waals surface area contributed by atoms with Crippen molar-refractivity contribution in [1.29, 1.82) is 0 Å². The maximum Gasteiger partial charge on any atom is 0.260 e. The summed E-state index contributed by atoms with van der Waals surface area (Å²) in [6, 6.07) is 16.4. The van der Waals surface area contributed by atoms with Crippen LogP contribution in [0.2, 0.25) is 0 Å². The number of H-pyrrole nitrogens is 1. The third-order valence-corrected chi connectivity index (χ3v) is 3.54. The fourth-order valence-electron chi connectivity index (χ4n) is 2.25. The SMILES string of the molecule is O=C(NCc1ccnc(OCc2ccccc2)c1)c1ccc[nH]c1=O. The number of amides is 1. The van der Waals surface area contributed by atoms with Crippen LogP contribution in [-0.2, 0) is 13.2 Å². The Labute approximate surface area is 144 Å². The van der Waals surface area contributed by atoms with Gasteiger partial charge in [0.05, 0.1) is 0 Å². The van der Waals surface area contributed by atoms with Crippen LogP contribution in [0.25, 0.3) is 0 Å². The number of rotatable bonds is 6. The number of pyridine rings is 2. The highest BCUT2D eigenvalue weighted by Crippen LogP contribution is 2.12. The minimum Gasteiger partial charge on any atom is -0.473 e. The van der Waals surface area contributed by atoms with E-state index < -0.39 is 11.5 Å². The highest BCUT2D eigenvalue weighted by molar-refractivity contribution is 5.93. The van der Waals surface area contributed by atoms with Crippen LogP contribution in [0.1, 0.15) is 21.5 Å². The van der Waals surface area contributed by atoms with Crippen molar-refractivity contribution in [1.82, 2.24) is 15.3 Å². The molecule has 25 heavy (non-hydrogen) atoms. The van der Waals surface area contributed by atoms with Crippen molar-refractivity contribution in [3.8, 4) is 5.88 Å². The molecule has 2 N–H and O–H groups in total. The van der Waals surface area contributed by atoms with Crippen molar-refractivity contribution in [2.24, 2.45) is 0 Å². The number of hydrogen-bond donors (Lipinski definition) is 2. The molecule has 3 rings (SSSR count). The number of benzene rings is 1. The summed E-state index contributed by atoms with van der Waals surface area (Å²) in [5.41, 5.74) is 1.55. The zero-order chi connectivity index (χ0) is 17.5. The van der Waals surface area contributed by atoms with E-state index in [4.69, 9.17) is 4.74 Å². The average Bonchev–Trinajstić information content (AvgIpc) is 2.66. The van der Waals surface area contributed by atoms with Gasteiger partial charge in [-0.15, -0.1) is 0 Å². The molecule has 2 aromatic heterocycles. The van der Waals surface area contributed by atoms with Gasteiger partial charge in [0, 0.05) is 25.0 Å². The van der Waals surface area contributed by atoms with Crippen LogP contribution < -0.4 is 15.6 Å². The molecule has 1 aromatic carbocycles. The summed E-state index contributed by atoms with van der Waals surface area (Å²) >= 11 is 0. The van der Waals surface area contributed by atoms with Crippen molar-refractivity contribution >= 4 is 5.91 Å². The summed E-state index contributed by atoms with van der Waals surface area (Å²) in [4.78, 5) is 30.3. The van der Waals surface area contributed by atoms with Gasteiger partial charge < -0.3 is 15.0 Å². The van der Waals surface area contributed by atoms with Crippen molar-refractivity contribution in [3.05, 3.63) is 94.0 Å². The topological polar surface area (TPSA) is 84.1 Å². The van der Waals surface area contributed by atoms with Gasteiger partial charge in [-0.3, -0.25) is 9.59 Å². The standard InChI is InChI=1S/C19H17N3O3/c23-18-16(7-4-9-21-18)19(24)22-12-15-8-10-20-17(11-15)25-13-14-5-2-1-3-6-14/h1-11H,12-13H2,(H,21,23)(H,22,24). The second kappa shape index (κ2) is 7.92. The summed E-state index contributed by atoms with van der Waals surface area (Å²) in [5, 5.41) is 2.71. The molecule has 0 bridgehead atoms. The number of nitrogens with one attached hydrogen (secondary N) is 2. The maximum atomic E-state index is 12.1. The number of carbonyl (C=O) groups excluding carboxylic acids is 1. The number of nitrogens with zero attached hydrogens (tertiary/aromatic N) is 1. The van der Waals surface area contributed by atoms with Crippen molar-refractivity contribution in [2.45, 2.75) is 13.2 Å². The van der Waals surface area contributed by atoms with Gasteiger partial charge in [0.15, 0.2) is 0 Å². The molecule has 0 saturated carbocycles. The molecule has 0 fully saturated rings. The van der Waals surface area contributed by atoms with E-state index in [1.54, 1.807) is 24.4 Å². The Morgan fingerprint density at radius 2 is 1.92 bits per heavy atom. The Kier molecular flexibility index (Phi) is 5.21. The van der Waals surface area contributed by atoms with Gasteiger partial charge >= 0.3 is 0 Å². The summed E-state index contributed by atoms with van der Waals surface area (Å²) in [6.45, 7) is 0.695. The van der Waals surface area contributed by atoms with E-state index in [2.05, 4.69) is 15.3 Å². The lowest BCUT2D eigenvalue weighted by molar-refractivity contribution is 0.0949. The summed E-state index contributed by atoms with van der Waals surface area (Å²) < 4.78 is 5.66. The van der Waals surface area contributed by atoms with Crippen LogP contribution in [0.3, 0.4) is 0 Å². The van der Waals surface area contributed by atoms with Crippen molar-refractivity contribution in [2.75, 3.05) is 0 Å². The Bertz CT molecular complexity index is 907. The molecule has 126 valence electrons. The zero-order valence-corrected chi connectivity index (χ0v) is 13.4. The number of aromatic nitrogens is 2. The highest BCUT2D eigenvalue weighted by Gasteiger charge is 2.09. The van der Waals surface area contributed by atoms with E-state index in [0.29, 0.717) is 12.5 Å². The Hall–Kier alpha value is -3.41. The molecule has 0 radical (unpaired) electrons. The Morgan fingerprint density at radius 1 is 1.08 bits per heavy atom. The first-order valence-electron chi connectivity index (χ1n) is 7.80. The average molecular weight is 335 g/mol. The molecule has 0 spiro atoms. The largest absolute Gasteiger partial charge is 0.473 e. The van der Waals surface area contributed by atoms with Gasteiger partial charge in [-0.2, -0.15) is 0 Å². The molecule has 1 amide bonds. The molecular weight excluding hydrogens is 318 g/mol. The smallest absolute Gasteiger partial charge is 0.260 e. The van der Waals surface area contributed by atoms with Crippen LogP contribution in [0.15, 0.2) is 71.8 Å². The van der Waals surface area contributed by atoms with Crippen LogP contribution in [0, 0.1) is 0 Å². The molecule has 2 heterocycles. The summed E-state index contributed by atoms with van der Waals surface area (Å²) in [7, 11) is 0. The molecule has 0 aliphatic heterocycles. The number of aromatic amines is 1. The normalized spacial score (nSPS) is 10.2. The number of ether oxygens (including phenoxy) is 1. The van der Waals surface area contributed by atoms with Crippen LogP contribution in [0.4, 0.5) is 0 Å². The van der Waals surface area contributed by atoms with Gasteiger partial charge in [0.1, 0.15) is 12.2 Å². The van der Waals surface area contributed by atoms with Crippen molar-refractivity contribution < 1.29 is 9.53 Å². The van der Waals surface area contributed by atoms with E-state index in [9.17, 15) is 9.59 Å². The van der Waals surface area contributed by atoms with Gasteiger partial charge in [-0.05, 0) is 29.3 Å². The number of hydrogen-bond acceptors (Lipinski definition) is 4. The summed E-state index contributed by atoms with van der Waals surface area (Å²) in [6.07, 6.45) is 3.11. The van der Waals surface area contributed by atoms with Gasteiger partial charge in [0.25, 0.3) is 11.5 Å². The molecular formula is C19H17N3O3. The molecule has 6 heteroatoms. The molecule has 0 aliphatic carbocycles. The van der Waals surface area contributed by atoms with Crippen LogP contribution in [0.5, 0.6) is 5.88 Å².